The third kappa shape index (κ3) is 4.52. The first-order chi connectivity index (χ1) is 10.1. The number of hydrogen-bond donors (Lipinski definition) is 1. The Balaban J connectivity index is 1.94. The molecule has 1 N–H and O–H groups in total. The molecule has 0 spiro atoms. The van der Waals surface area contributed by atoms with Gasteiger partial charge in [0.1, 0.15) is 11.9 Å². The predicted octanol–water partition coefficient (Wildman–Crippen LogP) is 4.88. The molecule has 112 valence electrons. The number of hydrogen-bond acceptors (Lipinski definition) is 2. The number of rotatable bonds is 6. The van der Waals surface area contributed by atoms with Crippen molar-refractivity contribution in [3.05, 3.63) is 59.2 Å². The smallest absolute Gasteiger partial charge is 0.120 e. The maximum Gasteiger partial charge on any atom is 0.120 e. The summed E-state index contributed by atoms with van der Waals surface area (Å²) in [6.07, 6.45) is 1.15. The molecule has 1 atom stereocenters. The van der Waals surface area contributed by atoms with E-state index >= 15 is 0 Å². The fraction of sp³-hybridized carbons (Fsp3) is 0.368. The second kappa shape index (κ2) is 7.16. The SMILES string of the molecule is CCC(CNc1ccc(C)c(C)c1)Oc1cccc(C)c1. The Morgan fingerprint density at radius 1 is 1.00 bits per heavy atom. The van der Waals surface area contributed by atoms with Crippen molar-refractivity contribution in [2.75, 3.05) is 11.9 Å². The molecule has 2 aromatic carbocycles. The standard InChI is InChI=1S/C19H25NO/c1-5-18(21-19-8-6-7-14(2)11-19)13-20-17-10-9-15(3)16(4)12-17/h6-12,18,20H,5,13H2,1-4H3. The lowest BCUT2D eigenvalue weighted by Gasteiger charge is -2.19. The van der Waals surface area contributed by atoms with Crippen LogP contribution >= 0.6 is 0 Å². The summed E-state index contributed by atoms with van der Waals surface area (Å²) in [5.74, 6) is 0.948. The molecule has 0 saturated heterocycles. The molecule has 0 saturated carbocycles. The fourth-order valence-corrected chi connectivity index (χ4v) is 2.23. The normalized spacial score (nSPS) is 12.0. The highest BCUT2D eigenvalue weighted by atomic mass is 16.5. The van der Waals surface area contributed by atoms with Crippen molar-refractivity contribution in [1.29, 1.82) is 0 Å². The Hall–Kier alpha value is -1.96. The van der Waals surface area contributed by atoms with Crippen LogP contribution in [0.5, 0.6) is 5.75 Å². The van der Waals surface area contributed by atoms with Crippen LogP contribution in [0.2, 0.25) is 0 Å². The monoisotopic (exact) mass is 283 g/mol. The van der Waals surface area contributed by atoms with Crippen molar-refractivity contribution >= 4 is 5.69 Å². The summed E-state index contributed by atoms with van der Waals surface area (Å²) in [6, 6.07) is 14.7. The van der Waals surface area contributed by atoms with E-state index in [2.05, 4.69) is 63.3 Å². The second-order valence-electron chi connectivity index (χ2n) is 5.64. The second-order valence-corrected chi connectivity index (χ2v) is 5.64. The van der Waals surface area contributed by atoms with E-state index in [1.54, 1.807) is 0 Å². The minimum atomic E-state index is 0.174. The average Bonchev–Trinajstić information content (AvgIpc) is 2.47. The molecule has 0 heterocycles. The highest BCUT2D eigenvalue weighted by Gasteiger charge is 2.08. The molecule has 0 aliphatic carbocycles. The maximum atomic E-state index is 6.06. The lowest BCUT2D eigenvalue weighted by molar-refractivity contribution is 0.210. The van der Waals surface area contributed by atoms with E-state index in [9.17, 15) is 0 Å². The van der Waals surface area contributed by atoms with Gasteiger partial charge >= 0.3 is 0 Å². The van der Waals surface area contributed by atoms with Crippen molar-refractivity contribution < 1.29 is 4.74 Å². The predicted molar refractivity (Wildman–Crippen MR) is 90.3 cm³/mol. The Bertz CT molecular complexity index is 592. The van der Waals surface area contributed by atoms with Gasteiger partial charge in [-0.1, -0.05) is 25.1 Å². The van der Waals surface area contributed by atoms with Crippen LogP contribution in [-0.2, 0) is 0 Å². The Kier molecular flexibility index (Phi) is 5.26. The van der Waals surface area contributed by atoms with Gasteiger partial charge in [-0.2, -0.15) is 0 Å². The minimum Gasteiger partial charge on any atom is -0.489 e. The quantitative estimate of drug-likeness (QED) is 0.815. The number of aryl methyl sites for hydroxylation is 3. The molecular weight excluding hydrogens is 258 g/mol. The summed E-state index contributed by atoms with van der Waals surface area (Å²) in [4.78, 5) is 0. The highest BCUT2D eigenvalue weighted by Crippen LogP contribution is 2.17. The van der Waals surface area contributed by atoms with Gasteiger partial charge < -0.3 is 10.1 Å². The number of ether oxygens (including phenoxy) is 1. The van der Waals surface area contributed by atoms with E-state index in [0.717, 1.165) is 24.4 Å². The first-order valence-corrected chi connectivity index (χ1v) is 7.63. The zero-order valence-corrected chi connectivity index (χ0v) is 13.4. The molecule has 2 aromatic rings. The molecule has 0 aliphatic heterocycles. The Morgan fingerprint density at radius 2 is 1.81 bits per heavy atom. The fourth-order valence-electron chi connectivity index (χ4n) is 2.23. The van der Waals surface area contributed by atoms with E-state index in [-0.39, 0.29) is 6.10 Å². The zero-order valence-electron chi connectivity index (χ0n) is 13.4. The van der Waals surface area contributed by atoms with Gasteiger partial charge in [-0.05, 0) is 68.1 Å². The first-order valence-electron chi connectivity index (χ1n) is 7.63. The summed E-state index contributed by atoms with van der Waals surface area (Å²) >= 11 is 0. The summed E-state index contributed by atoms with van der Waals surface area (Å²) in [6.45, 7) is 9.33. The van der Waals surface area contributed by atoms with Crippen molar-refractivity contribution in [3.63, 3.8) is 0 Å². The van der Waals surface area contributed by atoms with Crippen LogP contribution < -0.4 is 10.1 Å². The van der Waals surface area contributed by atoms with Gasteiger partial charge in [0.15, 0.2) is 0 Å². The van der Waals surface area contributed by atoms with Crippen molar-refractivity contribution in [3.8, 4) is 5.75 Å². The van der Waals surface area contributed by atoms with Gasteiger partial charge in [-0.15, -0.1) is 0 Å². The van der Waals surface area contributed by atoms with Gasteiger partial charge in [-0.25, -0.2) is 0 Å². The lowest BCUT2D eigenvalue weighted by Crippen LogP contribution is -2.25. The maximum absolute atomic E-state index is 6.06. The van der Waals surface area contributed by atoms with Crippen molar-refractivity contribution in [1.82, 2.24) is 0 Å². The first kappa shape index (κ1) is 15.4. The van der Waals surface area contributed by atoms with Crippen LogP contribution in [0.3, 0.4) is 0 Å². The van der Waals surface area contributed by atoms with Crippen LogP contribution in [0.15, 0.2) is 42.5 Å². The van der Waals surface area contributed by atoms with E-state index in [4.69, 9.17) is 4.74 Å². The average molecular weight is 283 g/mol. The molecule has 2 heteroatoms. The van der Waals surface area contributed by atoms with Crippen LogP contribution in [0, 0.1) is 20.8 Å². The van der Waals surface area contributed by atoms with Gasteiger partial charge in [0.2, 0.25) is 0 Å². The van der Waals surface area contributed by atoms with Crippen LogP contribution in [0.4, 0.5) is 5.69 Å². The highest BCUT2D eigenvalue weighted by molar-refractivity contribution is 5.48. The zero-order chi connectivity index (χ0) is 15.2. The summed E-state index contributed by atoms with van der Waals surface area (Å²) in [7, 11) is 0. The van der Waals surface area contributed by atoms with Crippen molar-refractivity contribution in [2.24, 2.45) is 0 Å². The topological polar surface area (TPSA) is 21.3 Å². The molecule has 0 aromatic heterocycles. The van der Waals surface area contributed by atoms with E-state index in [1.165, 1.54) is 16.7 Å². The number of anilines is 1. The molecule has 2 nitrogen and oxygen atoms in total. The van der Waals surface area contributed by atoms with E-state index < -0.39 is 0 Å². The van der Waals surface area contributed by atoms with Gasteiger partial charge in [0, 0.05) is 5.69 Å². The number of nitrogens with one attached hydrogen (secondary N) is 1. The lowest BCUT2D eigenvalue weighted by atomic mass is 10.1. The largest absolute Gasteiger partial charge is 0.489 e. The molecule has 0 bridgehead atoms. The van der Waals surface area contributed by atoms with Crippen LogP contribution in [0.1, 0.15) is 30.0 Å². The third-order valence-electron chi connectivity index (χ3n) is 3.79. The summed E-state index contributed by atoms with van der Waals surface area (Å²) in [5.41, 5.74) is 5.02. The Labute approximate surface area is 128 Å². The molecular formula is C19H25NO. The van der Waals surface area contributed by atoms with Gasteiger partial charge in [0.25, 0.3) is 0 Å². The van der Waals surface area contributed by atoms with E-state index in [0.29, 0.717) is 0 Å². The molecule has 1 unspecified atom stereocenters. The molecule has 21 heavy (non-hydrogen) atoms. The Morgan fingerprint density at radius 3 is 2.48 bits per heavy atom. The van der Waals surface area contributed by atoms with Crippen LogP contribution in [-0.4, -0.2) is 12.6 Å². The molecule has 0 amide bonds. The van der Waals surface area contributed by atoms with Crippen LogP contribution in [0.25, 0.3) is 0 Å². The molecule has 0 radical (unpaired) electrons. The summed E-state index contributed by atoms with van der Waals surface area (Å²) < 4.78 is 6.06. The van der Waals surface area contributed by atoms with Gasteiger partial charge in [-0.3, -0.25) is 0 Å². The molecule has 0 aliphatic rings. The molecule has 2 rings (SSSR count). The van der Waals surface area contributed by atoms with Crippen molar-refractivity contribution in [2.45, 2.75) is 40.2 Å². The number of benzene rings is 2. The minimum absolute atomic E-state index is 0.174. The van der Waals surface area contributed by atoms with E-state index in [1.807, 2.05) is 12.1 Å². The van der Waals surface area contributed by atoms with Gasteiger partial charge in [0.05, 0.1) is 6.54 Å². The summed E-state index contributed by atoms with van der Waals surface area (Å²) in [5, 5.41) is 3.47. The third-order valence-corrected chi connectivity index (χ3v) is 3.79. The molecule has 0 fully saturated rings.